The first-order valence-electron chi connectivity index (χ1n) is 5.74. The molecule has 0 spiro atoms. The van der Waals surface area contributed by atoms with Crippen molar-refractivity contribution in [2.45, 2.75) is 0 Å². The number of rotatable bonds is 3. The van der Waals surface area contributed by atoms with Gasteiger partial charge in [0.25, 0.3) is 0 Å². The number of esters is 1. The quantitative estimate of drug-likeness (QED) is 0.879. The smallest absolute Gasteiger partial charge is 0.337 e. The van der Waals surface area contributed by atoms with Crippen molar-refractivity contribution in [1.29, 1.82) is 0 Å². The van der Waals surface area contributed by atoms with Crippen LogP contribution in [0, 0.1) is 0 Å². The summed E-state index contributed by atoms with van der Waals surface area (Å²) in [4.78, 5) is 22.2. The molecule has 0 aliphatic carbocycles. The fourth-order valence-electron chi connectivity index (χ4n) is 1.79. The monoisotopic (exact) mass is 290 g/mol. The zero-order valence-corrected chi connectivity index (χ0v) is 11.3. The molecule has 2 aromatic carbocycles. The molecule has 0 amide bonds. The summed E-state index contributed by atoms with van der Waals surface area (Å²) in [5, 5.41) is 9.25. The molecule has 0 saturated heterocycles. The Balaban J connectivity index is 2.38. The maximum Gasteiger partial charge on any atom is 0.337 e. The summed E-state index contributed by atoms with van der Waals surface area (Å²) in [6.45, 7) is 0. The van der Waals surface area contributed by atoms with Crippen LogP contribution < -0.4 is 0 Å². The fraction of sp³-hybridized carbons (Fsp3) is 0.0667. The van der Waals surface area contributed by atoms with Crippen LogP contribution in [-0.4, -0.2) is 24.2 Å². The molecular formula is C15H11ClO4. The predicted octanol–water partition coefficient (Wildman–Crippen LogP) is 3.49. The average Bonchev–Trinajstić information content (AvgIpc) is 2.46. The Bertz CT molecular complexity index is 662. The van der Waals surface area contributed by atoms with Crippen molar-refractivity contribution in [2.24, 2.45) is 0 Å². The number of carboxylic acid groups (broad SMARTS) is 1. The fourth-order valence-corrected chi connectivity index (χ4v) is 2.08. The van der Waals surface area contributed by atoms with E-state index in [9.17, 15) is 9.59 Å². The molecule has 0 fully saturated rings. The Hall–Kier alpha value is -2.33. The van der Waals surface area contributed by atoms with Gasteiger partial charge in [-0.15, -0.1) is 0 Å². The van der Waals surface area contributed by atoms with Gasteiger partial charge in [0.1, 0.15) is 0 Å². The Morgan fingerprint density at radius 1 is 1.05 bits per heavy atom. The highest BCUT2D eigenvalue weighted by atomic mass is 35.5. The summed E-state index contributed by atoms with van der Waals surface area (Å²) in [5.74, 6) is -1.44. The van der Waals surface area contributed by atoms with E-state index >= 15 is 0 Å². The standard InChI is InChI=1S/C15H11ClO4/c1-20-15(19)11-6-7-12(13(16)8-11)9-2-4-10(5-3-9)14(17)18/h2-8H,1H3,(H,17,18). The topological polar surface area (TPSA) is 63.6 Å². The van der Waals surface area contributed by atoms with Crippen LogP contribution in [0.1, 0.15) is 20.7 Å². The molecule has 5 heteroatoms. The van der Waals surface area contributed by atoms with Gasteiger partial charge in [-0.3, -0.25) is 0 Å². The summed E-state index contributed by atoms with van der Waals surface area (Å²) in [6.07, 6.45) is 0. The Morgan fingerprint density at radius 3 is 2.15 bits per heavy atom. The molecule has 4 nitrogen and oxygen atoms in total. The van der Waals surface area contributed by atoms with Crippen LogP contribution in [0.25, 0.3) is 11.1 Å². The first-order chi connectivity index (χ1) is 9.52. The van der Waals surface area contributed by atoms with Gasteiger partial charge in [-0.1, -0.05) is 29.8 Å². The summed E-state index contributed by atoms with van der Waals surface area (Å²) in [7, 11) is 1.30. The van der Waals surface area contributed by atoms with Gasteiger partial charge in [-0.25, -0.2) is 9.59 Å². The van der Waals surface area contributed by atoms with Crippen molar-refractivity contribution >= 4 is 23.5 Å². The molecule has 0 heterocycles. The minimum atomic E-state index is -0.983. The molecule has 102 valence electrons. The Morgan fingerprint density at radius 2 is 1.65 bits per heavy atom. The van der Waals surface area contributed by atoms with Crippen LogP contribution in [0.15, 0.2) is 42.5 Å². The van der Waals surface area contributed by atoms with Crippen molar-refractivity contribution in [3.63, 3.8) is 0 Å². The normalized spacial score (nSPS) is 10.1. The lowest BCUT2D eigenvalue weighted by Crippen LogP contribution is -2.01. The van der Waals surface area contributed by atoms with Crippen LogP contribution in [0.2, 0.25) is 5.02 Å². The first-order valence-corrected chi connectivity index (χ1v) is 6.12. The van der Waals surface area contributed by atoms with E-state index in [0.717, 1.165) is 11.1 Å². The van der Waals surface area contributed by atoms with Gasteiger partial charge >= 0.3 is 11.9 Å². The van der Waals surface area contributed by atoms with Crippen LogP contribution in [-0.2, 0) is 4.74 Å². The third-order valence-electron chi connectivity index (χ3n) is 2.83. The van der Waals surface area contributed by atoms with Gasteiger partial charge in [0.05, 0.1) is 18.2 Å². The predicted molar refractivity (Wildman–Crippen MR) is 75.2 cm³/mol. The molecule has 0 unspecified atom stereocenters. The number of ether oxygens (including phenoxy) is 1. The molecule has 0 radical (unpaired) electrons. The molecule has 1 N–H and O–H groups in total. The van der Waals surface area contributed by atoms with Crippen LogP contribution in [0.3, 0.4) is 0 Å². The van der Waals surface area contributed by atoms with Gasteiger partial charge in [-0.2, -0.15) is 0 Å². The van der Waals surface area contributed by atoms with Crippen molar-refractivity contribution in [3.8, 4) is 11.1 Å². The molecule has 0 aliphatic rings. The van der Waals surface area contributed by atoms with E-state index in [4.69, 9.17) is 16.7 Å². The maximum atomic E-state index is 11.4. The largest absolute Gasteiger partial charge is 0.478 e. The number of halogens is 1. The Labute approximate surface area is 120 Å². The number of aromatic carboxylic acids is 1. The maximum absolute atomic E-state index is 11.4. The highest BCUT2D eigenvalue weighted by Gasteiger charge is 2.10. The molecule has 2 aromatic rings. The first kappa shape index (κ1) is 14.1. The van der Waals surface area contributed by atoms with E-state index in [-0.39, 0.29) is 5.56 Å². The van der Waals surface area contributed by atoms with Crippen LogP contribution in [0.4, 0.5) is 0 Å². The zero-order valence-electron chi connectivity index (χ0n) is 10.6. The number of hydrogen-bond donors (Lipinski definition) is 1. The average molecular weight is 291 g/mol. The molecule has 0 saturated carbocycles. The van der Waals surface area contributed by atoms with Gasteiger partial charge in [-0.05, 0) is 29.8 Å². The second-order valence-corrected chi connectivity index (χ2v) is 4.48. The van der Waals surface area contributed by atoms with E-state index in [1.165, 1.54) is 25.3 Å². The minimum Gasteiger partial charge on any atom is -0.478 e. The third kappa shape index (κ3) is 2.81. The summed E-state index contributed by atoms with van der Waals surface area (Å²) in [6, 6.07) is 11.2. The number of hydrogen-bond acceptors (Lipinski definition) is 3. The lowest BCUT2D eigenvalue weighted by molar-refractivity contribution is 0.0600. The van der Waals surface area contributed by atoms with Crippen molar-refractivity contribution < 1.29 is 19.4 Å². The number of carboxylic acids is 1. The minimum absolute atomic E-state index is 0.205. The molecule has 0 bridgehead atoms. The van der Waals surface area contributed by atoms with E-state index < -0.39 is 11.9 Å². The molecular weight excluding hydrogens is 280 g/mol. The Kier molecular flexibility index (Phi) is 4.05. The lowest BCUT2D eigenvalue weighted by atomic mass is 10.0. The SMILES string of the molecule is COC(=O)c1ccc(-c2ccc(C(=O)O)cc2)c(Cl)c1. The van der Waals surface area contributed by atoms with Crippen LogP contribution in [0.5, 0.6) is 0 Å². The van der Waals surface area contributed by atoms with E-state index in [1.807, 2.05) is 0 Å². The molecule has 0 atom stereocenters. The van der Waals surface area contributed by atoms with E-state index in [2.05, 4.69) is 4.74 Å². The number of carbonyl (C=O) groups is 2. The van der Waals surface area contributed by atoms with Gasteiger partial charge in [0.2, 0.25) is 0 Å². The van der Waals surface area contributed by atoms with Crippen molar-refractivity contribution in [2.75, 3.05) is 7.11 Å². The van der Waals surface area contributed by atoms with Gasteiger partial charge < -0.3 is 9.84 Å². The van der Waals surface area contributed by atoms with Crippen molar-refractivity contribution in [1.82, 2.24) is 0 Å². The summed E-state index contributed by atoms with van der Waals surface area (Å²) in [5.41, 5.74) is 2.06. The summed E-state index contributed by atoms with van der Waals surface area (Å²) >= 11 is 6.14. The number of methoxy groups -OCH3 is 1. The molecule has 20 heavy (non-hydrogen) atoms. The highest BCUT2D eigenvalue weighted by Crippen LogP contribution is 2.29. The second kappa shape index (κ2) is 5.75. The zero-order chi connectivity index (χ0) is 14.7. The lowest BCUT2D eigenvalue weighted by Gasteiger charge is -2.07. The van der Waals surface area contributed by atoms with E-state index in [0.29, 0.717) is 10.6 Å². The summed E-state index contributed by atoms with van der Waals surface area (Å²) < 4.78 is 4.62. The number of carbonyl (C=O) groups excluding carboxylic acids is 1. The molecule has 2 rings (SSSR count). The van der Waals surface area contributed by atoms with Gasteiger partial charge in [0, 0.05) is 10.6 Å². The molecule has 0 aliphatic heterocycles. The third-order valence-corrected chi connectivity index (χ3v) is 3.15. The van der Waals surface area contributed by atoms with E-state index in [1.54, 1.807) is 24.3 Å². The highest BCUT2D eigenvalue weighted by molar-refractivity contribution is 6.33. The second-order valence-electron chi connectivity index (χ2n) is 4.07. The molecule has 0 aromatic heterocycles. The number of benzene rings is 2. The van der Waals surface area contributed by atoms with Crippen molar-refractivity contribution in [3.05, 3.63) is 58.6 Å². The van der Waals surface area contributed by atoms with Crippen LogP contribution >= 0.6 is 11.6 Å². The van der Waals surface area contributed by atoms with Gasteiger partial charge in [0.15, 0.2) is 0 Å².